The van der Waals surface area contributed by atoms with E-state index in [1.54, 1.807) is 25.4 Å². The molecule has 2 aromatic rings. The van der Waals surface area contributed by atoms with E-state index in [0.29, 0.717) is 5.39 Å². The Morgan fingerprint density at radius 3 is 2.91 bits per heavy atom. The molecule has 3 rings (SSSR count). The van der Waals surface area contributed by atoms with Crippen molar-refractivity contribution in [3.8, 4) is 0 Å². The lowest BCUT2D eigenvalue weighted by Crippen LogP contribution is -2.39. The van der Waals surface area contributed by atoms with Crippen LogP contribution in [0.25, 0.3) is 10.2 Å². The number of thiophene rings is 1. The van der Waals surface area contributed by atoms with Gasteiger partial charge in [0.2, 0.25) is 11.8 Å². The highest BCUT2D eigenvalue weighted by molar-refractivity contribution is 7.18. The number of nitrogens with zero attached hydrogens (tertiary/aromatic N) is 3. The zero-order chi connectivity index (χ0) is 16.6. The maximum absolute atomic E-state index is 12.6. The van der Waals surface area contributed by atoms with Crippen LogP contribution in [-0.2, 0) is 29.0 Å². The number of nitrogens with one attached hydrogen (secondary N) is 1. The summed E-state index contributed by atoms with van der Waals surface area (Å²) in [5, 5.41) is 3.17. The predicted molar refractivity (Wildman–Crippen MR) is 87.6 cm³/mol. The number of carbonyl (C=O) groups is 2. The highest BCUT2D eigenvalue weighted by Gasteiger charge is 2.21. The number of aryl methyl sites for hydroxylation is 2. The quantitative estimate of drug-likeness (QED) is 0.863. The van der Waals surface area contributed by atoms with Gasteiger partial charge in [0, 0.05) is 19.0 Å². The van der Waals surface area contributed by atoms with E-state index < -0.39 is 0 Å². The maximum Gasteiger partial charge on any atom is 0.262 e. The second kappa shape index (κ2) is 6.11. The molecule has 0 atom stereocenters. The lowest BCUT2D eigenvalue weighted by atomic mass is 10.2. The number of rotatable bonds is 4. The molecule has 0 aromatic carbocycles. The molecule has 1 aliphatic rings. The van der Waals surface area contributed by atoms with Gasteiger partial charge in [0.1, 0.15) is 11.4 Å². The van der Waals surface area contributed by atoms with Crippen LogP contribution in [-0.4, -0.2) is 46.9 Å². The summed E-state index contributed by atoms with van der Waals surface area (Å²) in [4.78, 5) is 43.7. The Morgan fingerprint density at radius 1 is 1.39 bits per heavy atom. The van der Waals surface area contributed by atoms with Gasteiger partial charge < -0.3 is 10.2 Å². The summed E-state index contributed by atoms with van der Waals surface area (Å²) in [5.74, 6) is -0.578. The molecule has 0 spiro atoms. The minimum atomic E-state index is -0.379. The van der Waals surface area contributed by atoms with Gasteiger partial charge in [0.25, 0.3) is 5.56 Å². The van der Waals surface area contributed by atoms with Gasteiger partial charge in [-0.05, 0) is 24.8 Å². The fraction of sp³-hybridized carbons (Fsp3) is 0.467. The van der Waals surface area contributed by atoms with E-state index in [9.17, 15) is 14.4 Å². The Balaban J connectivity index is 1.78. The largest absolute Gasteiger partial charge is 0.347 e. The van der Waals surface area contributed by atoms with Crippen LogP contribution in [0, 0.1) is 0 Å². The van der Waals surface area contributed by atoms with Crippen LogP contribution in [0.5, 0.6) is 0 Å². The zero-order valence-electron chi connectivity index (χ0n) is 13.1. The molecule has 1 aliphatic carbocycles. The summed E-state index contributed by atoms with van der Waals surface area (Å²) in [6.45, 7) is -0.211. The predicted octanol–water partition coefficient (Wildman–Crippen LogP) is 0.151. The minimum Gasteiger partial charge on any atom is -0.347 e. The third kappa shape index (κ3) is 2.98. The number of carbonyl (C=O) groups excluding carboxylic acids is 2. The van der Waals surface area contributed by atoms with Gasteiger partial charge in [0.15, 0.2) is 0 Å². The van der Waals surface area contributed by atoms with E-state index in [0.717, 1.165) is 29.7 Å². The normalized spacial score (nSPS) is 13.1. The summed E-state index contributed by atoms with van der Waals surface area (Å²) < 4.78 is 1.31. The van der Waals surface area contributed by atoms with E-state index in [2.05, 4.69) is 10.3 Å². The van der Waals surface area contributed by atoms with Gasteiger partial charge in [-0.15, -0.1) is 11.3 Å². The molecule has 122 valence electrons. The SMILES string of the molecule is CN(C)C(=O)CNC(=O)Cn1cnc2sc3c(c2c1=O)CCC3. The highest BCUT2D eigenvalue weighted by atomic mass is 32.1. The smallest absolute Gasteiger partial charge is 0.262 e. The van der Waals surface area contributed by atoms with Crippen molar-refractivity contribution in [2.45, 2.75) is 25.8 Å². The molecule has 0 unspecified atom stereocenters. The Kier molecular flexibility index (Phi) is 4.16. The van der Waals surface area contributed by atoms with E-state index >= 15 is 0 Å². The molecular weight excluding hydrogens is 316 g/mol. The third-order valence-corrected chi connectivity index (χ3v) is 5.14. The van der Waals surface area contributed by atoms with Crippen LogP contribution in [0.3, 0.4) is 0 Å². The second-order valence-electron chi connectivity index (χ2n) is 5.78. The standard InChI is InChI=1S/C15H18N4O3S/c1-18(2)12(21)6-16-11(20)7-19-8-17-14-13(15(19)22)9-4-3-5-10(9)23-14/h8H,3-7H2,1-2H3,(H,16,20). The van der Waals surface area contributed by atoms with Gasteiger partial charge in [-0.3, -0.25) is 19.0 Å². The summed E-state index contributed by atoms with van der Waals surface area (Å²) in [6, 6.07) is 0. The van der Waals surface area contributed by atoms with Crippen molar-refractivity contribution in [1.29, 1.82) is 0 Å². The maximum atomic E-state index is 12.6. The number of amides is 2. The molecule has 0 saturated heterocycles. The molecule has 1 N–H and O–H groups in total. The fourth-order valence-electron chi connectivity index (χ4n) is 2.68. The van der Waals surface area contributed by atoms with Crippen LogP contribution >= 0.6 is 11.3 Å². The molecular formula is C15H18N4O3S. The summed E-state index contributed by atoms with van der Waals surface area (Å²) >= 11 is 1.57. The first-order valence-corrected chi connectivity index (χ1v) is 8.25. The minimum absolute atomic E-state index is 0.0793. The molecule has 0 aliphatic heterocycles. The van der Waals surface area contributed by atoms with E-state index in [-0.39, 0.29) is 30.5 Å². The van der Waals surface area contributed by atoms with E-state index in [1.165, 1.54) is 20.7 Å². The lowest BCUT2D eigenvalue weighted by Gasteiger charge is -2.11. The number of aromatic nitrogens is 2. The van der Waals surface area contributed by atoms with Gasteiger partial charge in [-0.25, -0.2) is 4.98 Å². The van der Waals surface area contributed by atoms with E-state index in [4.69, 9.17) is 0 Å². The molecule has 2 amide bonds. The molecule has 0 bridgehead atoms. The number of hydrogen-bond acceptors (Lipinski definition) is 5. The summed E-state index contributed by atoms with van der Waals surface area (Å²) in [5.41, 5.74) is 0.920. The first-order chi connectivity index (χ1) is 11.0. The summed E-state index contributed by atoms with van der Waals surface area (Å²) in [6.07, 6.45) is 4.38. The Hall–Kier alpha value is -2.22. The van der Waals surface area contributed by atoms with Gasteiger partial charge >= 0.3 is 0 Å². The van der Waals surface area contributed by atoms with Crippen molar-refractivity contribution in [3.63, 3.8) is 0 Å². The molecule has 8 heteroatoms. The molecule has 23 heavy (non-hydrogen) atoms. The van der Waals surface area contributed by atoms with Crippen molar-refractivity contribution < 1.29 is 9.59 Å². The molecule has 0 radical (unpaired) electrons. The van der Waals surface area contributed by atoms with Crippen LogP contribution < -0.4 is 10.9 Å². The average Bonchev–Trinajstić information content (AvgIpc) is 3.08. The number of likely N-dealkylation sites (N-methyl/N-ethyl adjacent to an activating group) is 1. The lowest BCUT2D eigenvalue weighted by molar-refractivity contribution is -0.131. The molecule has 0 saturated carbocycles. The molecule has 0 fully saturated rings. The van der Waals surface area contributed by atoms with Crippen LogP contribution in [0.2, 0.25) is 0 Å². The third-order valence-electron chi connectivity index (χ3n) is 3.94. The van der Waals surface area contributed by atoms with Gasteiger partial charge in [-0.1, -0.05) is 0 Å². The Bertz CT molecular complexity index is 837. The average molecular weight is 334 g/mol. The van der Waals surface area contributed by atoms with Crippen molar-refractivity contribution in [3.05, 3.63) is 27.1 Å². The topological polar surface area (TPSA) is 84.3 Å². The van der Waals surface area contributed by atoms with Crippen molar-refractivity contribution in [2.24, 2.45) is 0 Å². The van der Waals surface area contributed by atoms with E-state index in [1.807, 2.05) is 0 Å². The first-order valence-electron chi connectivity index (χ1n) is 7.44. The van der Waals surface area contributed by atoms with Gasteiger partial charge in [-0.2, -0.15) is 0 Å². The Labute approximate surface area is 136 Å². The number of fused-ring (bicyclic) bond motifs is 3. The van der Waals surface area contributed by atoms with Crippen LogP contribution in [0.1, 0.15) is 16.9 Å². The van der Waals surface area contributed by atoms with Crippen LogP contribution in [0.4, 0.5) is 0 Å². The van der Waals surface area contributed by atoms with Crippen molar-refractivity contribution in [2.75, 3.05) is 20.6 Å². The monoisotopic (exact) mass is 334 g/mol. The van der Waals surface area contributed by atoms with Crippen molar-refractivity contribution in [1.82, 2.24) is 19.8 Å². The molecule has 2 aromatic heterocycles. The first kappa shape index (κ1) is 15.7. The molecule has 2 heterocycles. The fourth-order valence-corrected chi connectivity index (χ4v) is 3.89. The number of hydrogen-bond donors (Lipinski definition) is 1. The van der Waals surface area contributed by atoms with Crippen LogP contribution in [0.15, 0.2) is 11.1 Å². The Morgan fingerprint density at radius 2 is 2.17 bits per heavy atom. The van der Waals surface area contributed by atoms with Crippen molar-refractivity contribution >= 4 is 33.4 Å². The highest BCUT2D eigenvalue weighted by Crippen LogP contribution is 2.34. The zero-order valence-corrected chi connectivity index (χ0v) is 13.9. The van der Waals surface area contributed by atoms with Gasteiger partial charge in [0.05, 0.1) is 18.3 Å². The molecule has 7 nitrogen and oxygen atoms in total. The summed E-state index contributed by atoms with van der Waals surface area (Å²) in [7, 11) is 3.24. The second-order valence-corrected chi connectivity index (χ2v) is 6.86.